The highest BCUT2D eigenvalue weighted by Gasteiger charge is 2.17. The summed E-state index contributed by atoms with van der Waals surface area (Å²) >= 11 is 0. The number of nitrogens with zero attached hydrogens (tertiary/aromatic N) is 4. The van der Waals surface area contributed by atoms with E-state index < -0.39 is 4.92 Å². The third-order valence-electron chi connectivity index (χ3n) is 3.10. The van der Waals surface area contributed by atoms with E-state index in [9.17, 15) is 14.9 Å². The van der Waals surface area contributed by atoms with Crippen molar-refractivity contribution in [1.29, 1.82) is 0 Å². The lowest BCUT2D eigenvalue weighted by Crippen LogP contribution is -2.08. The number of rotatable bonds is 2. The largest absolute Gasteiger partial charge is 0.295 e. The molecule has 0 amide bonds. The zero-order valence-corrected chi connectivity index (χ0v) is 9.94. The molecule has 0 N–H and O–H groups in total. The average Bonchev–Trinajstić information content (AvgIpc) is 2.81. The fourth-order valence-corrected chi connectivity index (χ4v) is 2.17. The zero-order chi connectivity index (χ0) is 13.4. The minimum atomic E-state index is -0.461. The van der Waals surface area contributed by atoms with E-state index in [1.165, 1.54) is 22.9 Å². The van der Waals surface area contributed by atoms with Gasteiger partial charge in [-0.3, -0.25) is 14.9 Å². The van der Waals surface area contributed by atoms with Crippen LogP contribution in [0.25, 0.3) is 16.7 Å². The van der Waals surface area contributed by atoms with E-state index in [0.717, 1.165) is 12.1 Å². The van der Waals surface area contributed by atoms with Crippen LogP contribution < -0.4 is 0 Å². The van der Waals surface area contributed by atoms with E-state index in [2.05, 4.69) is 10.3 Å². The Bertz CT molecular complexity index is 717. The lowest BCUT2D eigenvalue weighted by molar-refractivity contribution is -0.384. The molecule has 1 aromatic carbocycles. The summed E-state index contributed by atoms with van der Waals surface area (Å²) in [5.41, 5.74) is 1.85. The number of hydrogen-bond donors (Lipinski definition) is 0. The highest BCUT2D eigenvalue weighted by atomic mass is 16.6. The molecule has 0 saturated heterocycles. The van der Waals surface area contributed by atoms with Crippen molar-refractivity contribution in [3.8, 4) is 0 Å². The van der Waals surface area contributed by atoms with Crippen molar-refractivity contribution in [1.82, 2.24) is 15.0 Å². The summed E-state index contributed by atoms with van der Waals surface area (Å²) in [6.07, 6.45) is 3.56. The van der Waals surface area contributed by atoms with E-state index in [-0.39, 0.29) is 11.5 Å². The van der Waals surface area contributed by atoms with Crippen molar-refractivity contribution < 1.29 is 9.72 Å². The molecule has 96 valence electrons. The van der Waals surface area contributed by atoms with Crippen LogP contribution in [-0.4, -0.2) is 25.7 Å². The van der Waals surface area contributed by atoms with E-state index in [0.29, 0.717) is 23.9 Å². The van der Waals surface area contributed by atoms with Gasteiger partial charge in [0.05, 0.1) is 4.92 Å². The Kier molecular flexibility index (Phi) is 2.59. The number of hydrogen-bond acceptors (Lipinski definition) is 5. The molecule has 0 fully saturated rings. The van der Waals surface area contributed by atoms with E-state index in [1.807, 2.05) is 0 Å². The molecule has 0 unspecified atom stereocenters. The first-order valence-corrected chi connectivity index (χ1v) is 5.89. The highest BCUT2D eigenvalue weighted by Crippen LogP contribution is 2.25. The maximum atomic E-state index is 11.4. The summed E-state index contributed by atoms with van der Waals surface area (Å²) in [7, 11) is 0. The number of nitro groups is 1. The molecule has 0 atom stereocenters. The fraction of sp³-hybridized carbons (Fsp3) is 0.250. The molecule has 0 aliphatic heterocycles. The van der Waals surface area contributed by atoms with Crippen molar-refractivity contribution in [3.05, 3.63) is 34.4 Å². The van der Waals surface area contributed by atoms with Crippen LogP contribution in [-0.2, 0) is 4.79 Å². The second-order valence-electron chi connectivity index (χ2n) is 4.39. The van der Waals surface area contributed by atoms with Gasteiger partial charge in [-0.15, -0.1) is 5.10 Å². The van der Waals surface area contributed by atoms with E-state index in [4.69, 9.17) is 0 Å². The molecule has 0 radical (unpaired) electrons. The van der Waals surface area contributed by atoms with Crippen LogP contribution in [0.5, 0.6) is 0 Å². The van der Waals surface area contributed by atoms with Gasteiger partial charge >= 0.3 is 0 Å². The number of fused-ring (bicyclic) bond motifs is 1. The SMILES string of the molecule is O=C1C=C(n2nnc3ccc([N+](=O)[O-])cc32)CCC1. The van der Waals surface area contributed by atoms with Crippen LogP contribution in [0.3, 0.4) is 0 Å². The Morgan fingerprint density at radius 1 is 1.32 bits per heavy atom. The van der Waals surface area contributed by atoms with E-state index in [1.54, 1.807) is 6.07 Å². The van der Waals surface area contributed by atoms with Crippen molar-refractivity contribution in [3.63, 3.8) is 0 Å². The van der Waals surface area contributed by atoms with Crippen LogP contribution in [0.2, 0.25) is 0 Å². The molecule has 3 rings (SSSR count). The van der Waals surface area contributed by atoms with Crippen LogP contribution in [0.15, 0.2) is 24.3 Å². The van der Waals surface area contributed by atoms with Gasteiger partial charge < -0.3 is 0 Å². The Hall–Kier alpha value is -2.57. The van der Waals surface area contributed by atoms with Gasteiger partial charge in [-0.25, -0.2) is 4.68 Å². The van der Waals surface area contributed by atoms with Crippen molar-refractivity contribution >= 4 is 28.2 Å². The Labute approximate surface area is 107 Å². The monoisotopic (exact) mass is 258 g/mol. The van der Waals surface area contributed by atoms with E-state index >= 15 is 0 Å². The molecule has 19 heavy (non-hydrogen) atoms. The molecule has 1 aliphatic rings. The second-order valence-corrected chi connectivity index (χ2v) is 4.39. The molecule has 2 aromatic rings. The Morgan fingerprint density at radius 2 is 2.16 bits per heavy atom. The first kappa shape index (κ1) is 11.5. The van der Waals surface area contributed by atoms with Gasteiger partial charge in [0.25, 0.3) is 5.69 Å². The summed E-state index contributed by atoms with van der Waals surface area (Å²) in [6, 6.07) is 4.37. The molecule has 1 aromatic heterocycles. The molecule has 1 aliphatic carbocycles. The van der Waals surface area contributed by atoms with Gasteiger partial charge in [0.2, 0.25) is 0 Å². The summed E-state index contributed by atoms with van der Waals surface area (Å²) in [6.45, 7) is 0. The average molecular weight is 258 g/mol. The first-order chi connectivity index (χ1) is 9.15. The molecule has 0 spiro atoms. The maximum absolute atomic E-state index is 11.4. The number of non-ortho nitro benzene ring substituents is 1. The molecule has 0 saturated carbocycles. The lowest BCUT2D eigenvalue weighted by Gasteiger charge is -2.11. The molecule has 1 heterocycles. The molecule has 7 heteroatoms. The molecule has 0 bridgehead atoms. The minimum Gasteiger partial charge on any atom is -0.295 e. The molecule has 7 nitrogen and oxygen atoms in total. The van der Waals surface area contributed by atoms with Crippen LogP contribution in [0, 0.1) is 10.1 Å². The number of carbonyl (C=O) groups is 1. The number of aromatic nitrogens is 3. The number of nitro benzene ring substituents is 1. The quantitative estimate of drug-likeness (QED) is 0.606. The topological polar surface area (TPSA) is 90.9 Å². The molecular weight excluding hydrogens is 248 g/mol. The zero-order valence-electron chi connectivity index (χ0n) is 9.94. The van der Waals surface area contributed by atoms with Gasteiger partial charge in [-0.05, 0) is 18.9 Å². The Balaban J connectivity index is 2.16. The minimum absolute atomic E-state index is 0.0150. The first-order valence-electron chi connectivity index (χ1n) is 5.89. The standard InChI is InChI=1S/C12H10N4O3/c17-10-3-1-2-8(6-10)15-12-7-9(16(18)19)4-5-11(12)13-14-15/h4-7H,1-3H2. The summed E-state index contributed by atoms with van der Waals surface area (Å²) < 4.78 is 1.51. The number of allylic oxidation sites excluding steroid dienone is 2. The maximum Gasteiger partial charge on any atom is 0.271 e. The number of carbonyl (C=O) groups excluding carboxylic acids is 1. The normalized spacial score (nSPS) is 15.6. The van der Waals surface area contributed by atoms with Crippen molar-refractivity contribution in [2.24, 2.45) is 0 Å². The summed E-state index contributed by atoms with van der Waals surface area (Å²) in [5.74, 6) is 0.0512. The second kappa shape index (κ2) is 4.27. The fourth-order valence-electron chi connectivity index (χ4n) is 2.17. The van der Waals surface area contributed by atoms with Crippen LogP contribution in [0.1, 0.15) is 19.3 Å². The number of ketones is 1. The predicted octanol–water partition coefficient (Wildman–Crippen LogP) is 1.93. The van der Waals surface area contributed by atoms with Gasteiger partial charge in [0, 0.05) is 30.3 Å². The van der Waals surface area contributed by atoms with Crippen molar-refractivity contribution in [2.45, 2.75) is 19.3 Å². The van der Waals surface area contributed by atoms with Crippen LogP contribution >= 0.6 is 0 Å². The third-order valence-corrected chi connectivity index (χ3v) is 3.10. The Morgan fingerprint density at radius 3 is 2.89 bits per heavy atom. The van der Waals surface area contributed by atoms with Gasteiger partial charge in [-0.2, -0.15) is 0 Å². The predicted molar refractivity (Wildman–Crippen MR) is 67.3 cm³/mol. The smallest absolute Gasteiger partial charge is 0.271 e. The van der Waals surface area contributed by atoms with Gasteiger partial charge in [0.1, 0.15) is 11.0 Å². The highest BCUT2D eigenvalue weighted by molar-refractivity contribution is 5.96. The van der Waals surface area contributed by atoms with Crippen LogP contribution in [0.4, 0.5) is 5.69 Å². The molecular formula is C12H10N4O3. The summed E-state index contributed by atoms with van der Waals surface area (Å²) in [5, 5.41) is 18.7. The summed E-state index contributed by atoms with van der Waals surface area (Å²) in [4.78, 5) is 21.8. The lowest BCUT2D eigenvalue weighted by atomic mass is 10.0. The van der Waals surface area contributed by atoms with Gasteiger partial charge in [0.15, 0.2) is 5.78 Å². The third kappa shape index (κ3) is 1.99. The van der Waals surface area contributed by atoms with Gasteiger partial charge in [-0.1, -0.05) is 5.21 Å². The van der Waals surface area contributed by atoms with Crippen molar-refractivity contribution in [2.75, 3.05) is 0 Å². The number of benzene rings is 1.